The van der Waals surface area contributed by atoms with Gasteiger partial charge in [0.2, 0.25) is 0 Å². The topological polar surface area (TPSA) is 13.1 Å². The van der Waals surface area contributed by atoms with Crippen molar-refractivity contribution < 1.29 is 4.42 Å². The highest BCUT2D eigenvalue weighted by Gasteiger charge is 2.23. The fraction of sp³-hybridized carbons (Fsp3) is 0.167. The summed E-state index contributed by atoms with van der Waals surface area (Å²) in [6, 6.07) is 49.5. The van der Waals surface area contributed by atoms with E-state index in [2.05, 4.69) is 175 Å². The smallest absolute Gasteiger partial charge is 0.143 e. The molecule has 238 valence electrons. The SMILES string of the molecule is CC(C)(C)c1ccc(-c2ccccc2-c2cc3cccc4c5oc6cccc(-c7ccc(C(C)(C)C)cc7)c6c5c5cccc2c5c34)cc1. The van der Waals surface area contributed by atoms with Gasteiger partial charge in [0.1, 0.15) is 11.2 Å². The fourth-order valence-electron chi connectivity index (χ4n) is 7.97. The Balaban J connectivity index is 1.35. The molecule has 0 N–H and O–H groups in total. The van der Waals surface area contributed by atoms with E-state index in [1.807, 2.05) is 0 Å². The minimum atomic E-state index is 0.101. The van der Waals surface area contributed by atoms with E-state index < -0.39 is 0 Å². The number of benzene rings is 8. The summed E-state index contributed by atoms with van der Waals surface area (Å²) in [7, 11) is 0. The van der Waals surface area contributed by atoms with Gasteiger partial charge in [0.05, 0.1) is 0 Å². The molecule has 0 spiro atoms. The van der Waals surface area contributed by atoms with E-state index in [9.17, 15) is 0 Å². The lowest BCUT2D eigenvalue weighted by Crippen LogP contribution is -2.10. The molecule has 0 atom stereocenters. The predicted octanol–water partition coefficient (Wildman–Crippen LogP) is 14.1. The maximum absolute atomic E-state index is 6.83. The van der Waals surface area contributed by atoms with Gasteiger partial charge in [-0.25, -0.2) is 0 Å². The van der Waals surface area contributed by atoms with E-state index >= 15 is 0 Å². The van der Waals surface area contributed by atoms with Crippen molar-refractivity contribution in [3.8, 4) is 33.4 Å². The summed E-state index contributed by atoms with van der Waals surface area (Å²) in [6.45, 7) is 13.6. The highest BCUT2D eigenvalue weighted by molar-refractivity contribution is 6.39. The lowest BCUT2D eigenvalue weighted by Gasteiger charge is -2.20. The van der Waals surface area contributed by atoms with Gasteiger partial charge in [0.25, 0.3) is 0 Å². The molecule has 0 amide bonds. The molecule has 0 radical (unpaired) electrons. The van der Waals surface area contributed by atoms with Crippen LogP contribution in [0.4, 0.5) is 0 Å². The van der Waals surface area contributed by atoms with E-state index in [0.717, 1.165) is 11.2 Å². The summed E-state index contributed by atoms with van der Waals surface area (Å²) >= 11 is 0. The Hall–Kier alpha value is -5.40. The standard InChI is InChI=1S/C48H40O/c1-47(2,3)32-24-20-29(21-25-32)34-13-7-8-14-36(34)40-28-31-12-9-18-39-42(31)43-37(40)16-10-17-38(43)45-44-35(15-11-19-41(44)49-46(39)45)30-22-26-33(27-23-30)48(4,5)6/h7-28H,1-6H3. The predicted molar refractivity (Wildman–Crippen MR) is 211 cm³/mol. The van der Waals surface area contributed by atoms with Crippen molar-refractivity contribution in [1.29, 1.82) is 0 Å². The lowest BCUT2D eigenvalue weighted by atomic mass is 9.83. The van der Waals surface area contributed by atoms with Crippen LogP contribution in [0.5, 0.6) is 0 Å². The van der Waals surface area contributed by atoms with E-state index in [1.165, 1.54) is 87.6 Å². The van der Waals surface area contributed by atoms with Crippen LogP contribution in [0.25, 0.3) is 87.6 Å². The molecular formula is C48H40O. The highest BCUT2D eigenvalue weighted by atomic mass is 16.3. The number of fused-ring (bicyclic) bond motifs is 5. The van der Waals surface area contributed by atoms with Crippen LogP contribution in [0, 0.1) is 0 Å². The molecule has 1 heteroatoms. The van der Waals surface area contributed by atoms with Crippen LogP contribution in [0.3, 0.4) is 0 Å². The number of hydrogen-bond donors (Lipinski definition) is 0. The van der Waals surface area contributed by atoms with Crippen LogP contribution < -0.4 is 0 Å². The van der Waals surface area contributed by atoms with Crippen molar-refractivity contribution in [3.05, 3.63) is 145 Å². The summed E-state index contributed by atoms with van der Waals surface area (Å²) in [5.74, 6) is 0. The van der Waals surface area contributed by atoms with Gasteiger partial charge in [-0.2, -0.15) is 0 Å². The Labute approximate surface area is 288 Å². The summed E-state index contributed by atoms with van der Waals surface area (Å²) in [4.78, 5) is 0. The third kappa shape index (κ3) is 4.60. The van der Waals surface area contributed by atoms with Gasteiger partial charge in [-0.05, 0) is 89.0 Å². The summed E-state index contributed by atoms with van der Waals surface area (Å²) < 4.78 is 6.83. The van der Waals surface area contributed by atoms with Gasteiger partial charge in [0.15, 0.2) is 0 Å². The van der Waals surface area contributed by atoms with Crippen LogP contribution in [-0.2, 0) is 10.8 Å². The van der Waals surface area contributed by atoms with Crippen molar-refractivity contribution in [2.24, 2.45) is 0 Å². The molecule has 0 bridgehead atoms. The van der Waals surface area contributed by atoms with Crippen LogP contribution in [-0.4, -0.2) is 0 Å². The van der Waals surface area contributed by atoms with Crippen molar-refractivity contribution in [2.75, 3.05) is 0 Å². The van der Waals surface area contributed by atoms with E-state index in [0.29, 0.717) is 0 Å². The fourth-order valence-corrected chi connectivity index (χ4v) is 7.97. The van der Waals surface area contributed by atoms with E-state index in [-0.39, 0.29) is 10.8 Å². The molecule has 1 aromatic heterocycles. The summed E-state index contributed by atoms with van der Waals surface area (Å²) in [5.41, 5.74) is 12.2. The Morgan fingerprint density at radius 2 is 0.939 bits per heavy atom. The molecule has 1 nitrogen and oxygen atoms in total. The first-order chi connectivity index (χ1) is 23.6. The molecule has 0 aliphatic carbocycles. The third-order valence-corrected chi connectivity index (χ3v) is 10.6. The second-order valence-corrected chi connectivity index (χ2v) is 15.7. The van der Waals surface area contributed by atoms with E-state index in [4.69, 9.17) is 4.42 Å². The molecule has 9 aromatic rings. The second-order valence-electron chi connectivity index (χ2n) is 15.7. The molecule has 0 aliphatic heterocycles. The van der Waals surface area contributed by atoms with Crippen molar-refractivity contribution in [3.63, 3.8) is 0 Å². The average molecular weight is 633 g/mol. The van der Waals surface area contributed by atoms with Gasteiger partial charge in [-0.3, -0.25) is 0 Å². The number of furan rings is 1. The second kappa shape index (κ2) is 10.5. The normalized spacial score (nSPS) is 12.7. The Morgan fingerprint density at radius 3 is 1.61 bits per heavy atom. The molecular weight excluding hydrogens is 593 g/mol. The maximum atomic E-state index is 6.83. The van der Waals surface area contributed by atoms with Gasteiger partial charge in [-0.1, -0.05) is 163 Å². The molecule has 9 rings (SSSR count). The number of hydrogen-bond acceptors (Lipinski definition) is 1. The van der Waals surface area contributed by atoms with Crippen LogP contribution in [0.1, 0.15) is 52.7 Å². The first-order valence-electron chi connectivity index (χ1n) is 17.4. The van der Waals surface area contributed by atoms with Crippen molar-refractivity contribution in [1.82, 2.24) is 0 Å². The monoisotopic (exact) mass is 632 g/mol. The van der Waals surface area contributed by atoms with Crippen LogP contribution in [0.15, 0.2) is 138 Å². The largest absolute Gasteiger partial charge is 0.455 e. The quantitative estimate of drug-likeness (QED) is 0.177. The Kier molecular flexibility index (Phi) is 6.40. The van der Waals surface area contributed by atoms with Gasteiger partial charge in [-0.15, -0.1) is 0 Å². The summed E-state index contributed by atoms with van der Waals surface area (Å²) in [6.07, 6.45) is 0. The zero-order valence-corrected chi connectivity index (χ0v) is 29.1. The zero-order chi connectivity index (χ0) is 33.7. The molecule has 8 aromatic carbocycles. The number of rotatable bonds is 3. The van der Waals surface area contributed by atoms with Gasteiger partial charge in [0, 0.05) is 21.5 Å². The lowest BCUT2D eigenvalue weighted by molar-refractivity contribution is 0.590. The zero-order valence-electron chi connectivity index (χ0n) is 29.1. The highest BCUT2D eigenvalue weighted by Crippen LogP contribution is 2.49. The third-order valence-electron chi connectivity index (χ3n) is 10.6. The molecule has 49 heavy (non-hydrogen) atoms. The van der Waals surface area contributed by atoms with Crippen LogP contribution in [0.2, 0.25) is 0 Å². The first-order valence-corrected chi connectivity index (χ1v) is 17.4. The maximum Gasteiger partial charge on any atom is 0.143 e. The molecule has 0 unspecified atom stereocenters. The minimum Gasteiger partial charge on any atom is -0.455 e. The van der Waals surface area contributed by atoms with Crippen LogP contribution >= 0.6 is 0 Å². The first kappa shape index (κ1) is 29.7. The van der Waals surface area contributed by atoms with Crippen molar-refractivity contribution >= 4 is 54.3 Å². The average Bonchev–Trinajstić information content (AvgIpc) is 3.51. The summed E-state index contributed by atoms with van der Waals surface area (Å²) in [5, 5.41) is 9.85. The van der Waals surface area contributed by atoms with Crippen molar-refractivity contribution in [2.45, 2.75) is 52.4 Å². The molecule has 0 saturated carbocycles. The van der Waals surface area contributed by atoms with Gasteiger partial charge < -0.3 is 4.42 Å². The van der Waals surface area contributed by atoms with E-state index in [1.54, 1.807) is 0 Å². The minimum absolute atomic E-state index is 0.101. The Morgan fingerprint density at radius 1 is 0.388 bits per heavy atom. The molecule has 0 aliphatic rings. The Bertz CT molecular complexity index is 2690. The molecule has 0 fully saturated rings. The van der Waals surface area contributed by atoms with Gasteiger partial charge >= 0.3 is 0 Å². The molecule has 1 heterocycles. The molecule has 0 saturated heterocycles.